The Bertz CT molecular complexity index is 662. The van der Waals surface area contributed by atoms with Gasteiger partial charge in [-0.2, -0.15) is 0 Å². The summed E-state index contributed by atoms with van der Waals surface area (Å²) in [6, 6.07) is 5.53. The van der Waals surface area contributed by atoms with Crippen molar-refractivity contribution in [2.24, 2.45) is 0 Å². The molecule has 26 heavy (non-hydrogen) atoms. The number of Topliss-reactive ketones (excluding diaryl/α,β-unsaturated/α-hetero) is 1. The van der Waals surface area contributed by atoms with Gasteiger partial charge in [-0.25, -0.2) is 0 Å². The number of nitrogens with zero attached hydrogens (tertiary/aromatic N) is 2. The van der Waals surface area contributed by atoms with Gasteiger partial charge >= 0.3 is 0 Å². The lowest BCUT2D eigenvalue weighted by atomic mass is 9.87. The molecule has 0 spiro atoms. The van der Waals surface area contributed by atoms with Gasteiger partial charge in [0.2, 0.25) is 5.91 Å². The van der Waals surface area contributed by atoms with Gasteiger partial charge in [0, 0.05) is 25.9 Å². The second-order valence-corrected chi connectivity index (χ2v) is 7.90. The van der Waals surface area contributed by atoms with Crippen LogP contribution >= 0.6 is 35.6 Å². The molecule has 0 N–H and O–H groups in total. The van der Waals surface area contributed by atoms with Crippen molar-refractivity contribution in [2.75, 3.05) is 20.1 Å². The zero-order valence-corrected chi connectivity index (χ0v) is 17.2. The summed E-state index contributed by atoms with van der Waals surface area (Å²) in [5.74, 6) is 0.275. The Kier molecular flexibility index (Phi) is 7.77. The van der Waals surface area contributed by atoms with Crippen LogP contribution in [-0.4, -0.2) is 53.7 Å². The van der Waals surface area contributed by atoms with Crippen molar-refractivity contribution in [3.63, 3.8) is 0 Å². The molecular formula is C19H25Cl3N2O2. The minimum atomic E-state index is -0.0328. The summed E-state index contributed by atoms with van der Waals surface area (Å²) in [4.78, 5) is 29.0. The first-order chi connectivity index (χ1) is 12.0. The first kappa shape index (κ1) is 21.5. The summed E-state index contributed by atoms with van der Waals surface area (Å²) < 4.78 is 0. The van der Waals surface area contributed by atoms with E-state index in [0.717, 1.165) is 25.1 Å². The van der Waals surface area contributed by atoms with Crippen LogP contribution in [0.2, 0.25) is 10.0 Å². The Hall–Kier alpha value is -0.810. The SMILES string of the molecule is CN(C(=O)Cc1ccc(Cl)c(Cl)c1)C1CC(=O)CCC1N1CCCC1.Cl. The Morgan fingerprint density at radius 1 is 1.23 bits per heavy atom. The van der Waals surface area contributed by atoms with Crippen LogP contribution in [0.5, 0.6) is 0 Å². The van der Waals surface area contributed by atoms with Gasteiger partial charge in [0.15, 0.2) is 0 Å². The van der Waals surface area contributed by atoms with Gasteiger partial charge in [-0.15, -0.1) is 12.4 Å². The maximum absolute atomic E-state index is 12.8. The average Bonchev–Trinajstić information content (AvgIpc) is 3.11. The summed E-state index contributed by atoms with van der Waals surface area (Å²) >= 11 is 12.0. The van der Waals surface area contributed by atoms with Crippen molar-refractivity contribution in [2.45, 2.75) is 50.6 Å². The Morgan fingerprint density at radius 2 is 1.92 bits per heavy atom. The summed E-state index contributed by atoms with van der Waals surface area (Å²) in [6.45, 7) is 2.15. The van der Waals surface area contributed by atoms with Crippen LogP contribution in [-0.2, 0) is 16.0 Å². The molecule has 3 rings (SSSR count). The van der Waals surface area contributed by atoms with Crippen molar-refractivity contribution < 1.29 is 9.59 Å². The molecule has 1 aromatic carbocycles. The molecule has 1 heterocycles. The van der Waals surface area contributed by atoms with E-state index in [1.807, 2.05) is 13.1 Å². The molecule has 0 aromatic heterocycles. The number of hydrogen-bond donors (Lipinski definition) is 0. The molecule has 1 aliphatic heterocycles. The number of ketones is 1. The second kappa shape index (κ2) is 9.41. The third kappa shape index (κ3) is 4.92. The van der Waals surface area contributed by atoms with Gasteiger partial charge in [0.05, 0.1) is 22.5 Å². The van der Waals surface area contributed by atoms with Crippen LogP contribution in [0.15, 0.2) is 18.2 Å². The van der Waals surface area contributed by atoms with E-state index in [4.69, 9.17) is 23.2 Å². The molecule has 1 saturated heterocycles. The highest BCUT2D eigenvalue weighted by Gasteiger charge is 2.38. The molecule has 1 aromatic rings. The summed E-state index contributed by atoms with van der Waals surface area (Å²) in [7, 11) is 1.83. The molecule has 1 saturated carbocycles. The van der Waals surface area contributed by atoms with Crippen LogP contribution in [0.25, 0.3) is 0 Å². The molecule has 2 aliphatic rings. The molecular weight excluding hydrogens is 395 g/mol. The smallest absolute Gasteiger partial charge is 0.227 e. The molecule has 2 atom stereocenters. The summed E-state index contributed by atoms with van der Waals surface area (Å²) in [6.07, 6.45) is 4.63. The number of likely N-dealkylation sites (tertiary alicyclic amines) is 1. The van der Waals surface area contributed by atoms with Gasteiger partial charge in [-0.1, -0.05) is 29.3 Å². The fourth-order valence-electron chi connectivity index (χ4n) is 4.00. The topological polar surface area (TPSA) is 40.6 Å². The largest absolute Gasteiger partial charge is 0.340 e. The van der Waals surface area contributed by atoms with Crippen LogP contribution in [0, 0.1) is 0 Å². The number of amides is 1. The number of halogens is 3. The van der Waals surface area contributed by atoms with E-state index < -0.39 is 0 Å². The normalized spacial score (nSPS) is 23.6. The van der Waals surface area contributed by atoms with Crippen molar-refractivity contribution >= 4 is 47.3 Å². The third-order valence-electron chi connectivity index (χ3n) is 5.44. The van der Waals surface area contributed by atoms with Crippen molar-refractivity contribution in [3.8, 4) is 0 Å². The number of rotatable bonds is 4. The number of carbonyl (C=O) groups excluding carboxylic acids is 2. The van der Waals surface area contributed by atoms with Crippen LogP contribution < -0.4 is 0 Å². The fourth-order valence-corrected chi connectivity index (χ4v) is 4.32. The molecule has 0 radical (unpaired) electrons. The average molecular weight is 420 g/mol. The molecule has 1 aliphatic carbocycles. The third-order valence-corrected chi connectivity index (χ3v) is 6.18. The monoisotopic (exact) mass is 418 g/mol. The van der Waals surface area contributed by atoms with Gasteiger partial charge in [0.25, 0.3) is 0 Å². The van der Waals surface area contributed by atoms with Crippen molar-refractivity contribution in [3.05, 3.63) is 33.8 Å². The lowest BCUT2D eigenvalue weighted by Crippen LogP contribution is -2.55. The van der Waals surface area contributed by atoms with E-state index in [2.05, 4.69) is 4.90 Å². The van der Waals surface area contributed by atoms with Gasteiger partial charge in [0.1, 0.15) is 5.78 Å². The summed E-state index contributed by atoms with van der Waals surface area (Å²) in [5, 5.41) is 0.940. The molecule has 7 heteroatoms. The molecule has 2 unspecified atom stereocenters. The van der Waals surface area contributed by atoms with E-state index >= 15 is 0 Å². The van der Waals surface area contributed by atoms with Crippen LogP contribution in [0.3, 0.4) is 0 Å². The Balaban J connectivity index is 0.00000243. The molecule has 1 amide bonds. The van der Waals surface area contributed by atoms with E-state index in [0.29, 0.717) is 28.9 Å². The van der Waals surface area contributed by atoms with E-state index in [9.17, 15) is 9.59 Å². The van der Waals surface area contributed by atoms with Crippen molar-refractivity contribution in [1.29, 1.82) is 0 Å². The summed E-state index contributed by atoms with van der Waals surface area (Å²) in [5.41, 5.74) is 0.839. The van der Waals surface area contributed by atoms with Crippen LogP contribution in [0.1, 0.15) is 37.7 Å². The van der Waals surface area contributed by atoms with Gasteiger partial charge < -0.3 is 4.90 Å². The van der Waals surface area contributed by atoms with Crippen molar-refractivity contribution in [1.82, 2.24) is 9.80 Å². The molecule has 2 fully saturated rings. The number of hydrogen-bond acceptors (Lipinski definition) is 3. The first-order valence-corrected chi connectivity index (χ1v) is 9.66. The van der Waals surface area contributed by atoms with E-state index in [1.165, 1.54) is 12.8 Å². The highest BCUT2D eigenvalue weighted by atomic mass is 35.5. The minimum absolute atomic E-state index is 0. The Labute approximate surface area is 171 Å². The Morgan fingerprint density at radius 3 is 2.58 bits per heavy atom. The number of benzene rings is 1. The maximum Gasteiger partial charge on any atom is 0.227 e. The number of carbonyl (C=O) groups is 2. The lowest BCUT2D eigenvalue weighted by Gasteiger charge is -2.42. The highest BCUT2D eigenvalue weighted by Crippen LogP contribution is 2.28. The minimum Gasteiger partial charge on any atom is -0.340 e. The predicted molar refractivity (Wildman–Crippen MR) is 107 cm³/mol. The number of likely N-dealkylation sites (N-methyl/N-ethyl adjacent to an activating group) is 1. The van der Waals surface area contributed by atoms with E-state index in [1.54, 1.807) is 17.0 Å². The highest BCUT2D eigenvalue weighted by molar-refractivity contribution is 6.42. The molecule has 0 bridgehead atoms. The predicted octanol–water partition coefficient (Wildman–Crippen LogP) is 4.00. The lowest BCUT2D eigenvalue weighted by molar-refractivity contribution is -0.135. The quantitative estimate of drug-likeness (QED) is 0.740. The zero-order chi connectivity index (χ0) is 18.0. The van der Waals surface area contributed by atoms with E-state index in [-0.39, 0.29) is 36.6 Å². The zero-order valence-electron chi connectivity index (χ0n) is 14.9. The first-order valence-electron chi connectivity index (χ1n) is 8.91. The van der Waals surface area contributed by atoms with Gasteiger partial charge in [-0.05, 0) is 50.0 Å². The fraction of sp³-hybridized carbons (Fsp3) is 0.579. The van der Waals surface area contributed by atoms with Gasteiger partial charge in [-0.3, -0.25) is 14.5 Å². The molecule has 144 valence electrons. The second-order valence-electron chi connectivity index (χ2n) is 7.09. The van der Waals surface area contributed by atoms with Crippen LogP contribution in [0.4, 0.5) is 0 Å². The molecule has 4 nitrogen and oxygen atoms in total. The standard InChI is InChI=1S/C19H24Cl2N2O2.ClH/c1-22(19(25)11-13-4-6-15(20)16(21)10-13)18-12-14(24)5-7-17(18)23-8-2-3-9-23;/h4,6,10,17-18H,2-3,5,7-9,11-12H2,1H3;1H. The maximum atomic E-state index is 12.8.